The maximum absolute atomic E-state index is 12.3. The number of aromatic nitrogens is 4. The van der Waals surface area contributed by atoms with Gasteiger partial charge in [0.05, 0.1) is 21.9 Å². The van der Waals surface area contributed by atoms with Crippen LogP contribution in [-0.4, -0.2) is 49.5 Å². The lowest BCUT2D eigenvalue weighted by Crippen LogP contribution is -2.46. The number of rotatable bonds is 5. The van der Waals surface area contributed by atoms with Crippen LogP contribution in [0.15, 0.2) is 41.1 Å². The molecular formula is C26H30BrN7O. The van der Waals surface area contributed by atoms with E-state index in [2.05, 4.69) is 56.5 Å². The molecule has 0 unspecified atom stereocenters. The number of benzene rings is 1. The molecule has 8 nitrogen and oxygen atoms in total. The fraction of sp³-hybridized carbons (Fsp3) is 0.385. The summed E-state index contributed by atoms with van der Waals surface area (Å²) >= 11 is 3.62. The molecule has 1 saturated heterocycles. The van der Waals surface area contributed by atoms with Gasteiger partial charge in [0.25, 0.3) is 0 Å². The maximum Gasteiger partial charge on any atom is 0.225 e. The zero-order chi connectivity index (χ0) is 24.7. The Morgan fingerprint density at radius 2 is 2.00 bits per heavy atom. The minimum atomic E-state index is 0.0426. The van der Waals surface area contributed by atoms with Crippen molar-refractivity contribution in [1.29, 1.82) is 0 Å². The van der Waals surface area contributed by atoms with Crippen molar-refractivity contribution in [2.24, 2.45) is 5.92 Å². The Bertz CT molecular complexity index is 1410. The number of aryl methyl sites for hydroxylation is 1. The fourth-order valence-corrected chi connectivity index (χ4v) is 5.07. The summed E-state index contributed by atoms with van der Waals surface area (Å²) in [5, 5.41) is 9.19. The van der Waals surface area contributed by atoms with Crippen molar-refractivity contribution < 1.29 is 4.79 Å². The van der Waals surface area contributed by atoms with E-state index in [1.165, 1.54) is 5.56 Å². The van der Waals surface area contributed by atoms with E-state index in [0.29, 0.717) is 24.1 Å². The first-order valence-corrected chi connectivity index (χ1v) is 12.8. The Morgan fingerprint density at radius 1 is 1.23 bits per heavy atom. The van der Waals surface area contributed by atoms with E-state index in [4.69, 9.17) is 10.7 Å². The number of nitrogens with zero attached hydrogens (tertiary/aromatic N) is 5. The quantitative estimate of drug-likeness (QED) is 0.394. The van der Waals surface area contributed by atoms with Crippen molar-refractivity contribution in [3.63, 3.8) is 0 Å². The number of fused-ring (bicyclic) bond motifs is 2. The molecule has 0 saturated carbocycles. The van der Waals surface area contributed by atoms with Gasteiger partial charge in [-0.1, -0.05) is 25.5 Å². The van der Waals surface area contributed by atoms with Crippen LogP contribution in [-0.2, 0) is 11.3 Å². The molecule has 1 aliphatic rings. The van der Waals surface area contributed by atoms with Crippen LogP contribution in [0, 0.1) is 12.8 Å². The molecule has 0 spiro atoms. The second kappa shape index (κ2) is 9.54. The summed E-state index contributed by atoms with van der Waals surface area (Å²) in [6, 6.07) is 8.68. The van der Waals surface area contributed by atoms with Crippen LogP contribution in [0.2, 0.25) is 0 Å². The summed E-state index contributed by atoms with van der Waals surface area (Å²) in [7, 11) is 0. The molecule has 182 valence electrons. The number of anilines is 1. The number of piperidine rings is 1. The monoisotopic (exact) mass is 535 g/mol. The van der Waals surface area contributed by atoms with Crippen molar-refractivity contribution in [1.82, 2.24) is 29.8 Å². The third kappa shape index (κ3) is 4.62. The summed E-state index contributed by atoms with van der Waals surface area (Å²) in [5.41, 5.74) is 12.0. The Morgan fingerprint density at radius 3 is 2.74 bits per heavy atom. The third-order valence-corrected chi connectivity index (χ3v) is 7.56. The standard InChI is InChI=1S/C26H30BrN7O/c1-15(2)26(35)33-8-6-19(7-9-33)29-14-22-23(27)24(28)34-25(32-22)20(13-31-34)18-11-17-10-16(3)4-5-21(17)30-12-18/h4-5,10-13,15,19,29H,6-9,14,28H2,1-3H3. The van der Waals surface area contributed by atoms with Crippen LogP contribution >= 0.6 is 15.9 Å². The average molecular weight is 536 g/mol. The first-order valence-electron chi connectivity index (χ1n) is 12.0. The normalized spacial score (nSPS) is 14.9. The number of hydrogen-bond acceptors (Lipinski definition) is 6. The first-order chi connectivity index (χ1) is 16.8. The smallest absolute Gasteiger partial charge is 0.225 e. The minimum Gasteiger partial charge on any atom is -0.383 e. The van der Waals surface area contributed by atoms with E-state index in [1.54, 1.807) is 10.7 Å². The van der Waals surface area contributed by atoms with Crippen molar-refractivity contribution in [2.75, 3.05) is 18.8 Å². The molecule has 9 heteroatoms. The van der Waals surface area contributed by atoms with E-state index in [9.17, 15) is 4.79 Å². The molecule has 0 bridgehead atoms. The van der Waals surface area contributed by atoms with Crippen molar-refractivity contribution >= 4 is 44.2 Å². The zero-order valence-corrected chi connectivity index (χ0v) is 21.8. The molecule has 5 rings (SSSR count). The number of halogens is 1. The summed E-state index contributed by atoms with van der Waals surface area (Å²) in [6.07, 6.45) is 5.50. The Kier molecular flexibility index (Phi) is 6.46. The molecule has 1 aromatic carbocycles. The molecule has 4 aromatic rings. The van der Waals surface area contributed by atoms with Crippen LogP contribution in [0.25, 0.3) is 27.7 Å². The molecular weight excluding hydrogens is 506 g/mol. The highest BCUT2D eigenvalue weighted by Crippen LogP contribution is 2.31. The lowest BCUT2D eigenvalue weighted by atomic mass is 10.0. The first kappa shape index (κ1) is 23.7. The lowest BCUT2D eigenvalue weighted by Gasteiger charge is -2.33. The molecule has 0 radical (unpaired) electrons. The predicted molar refractivity (Wildman–Crippen MR) is 142 cm³/mol. The zero-order valence-electron chi connectivity index (χ0n) is 20.3. The van der Waals surface area contributed by atoms with Gasteiger partial charge in [0.2, 0.25) is 5.91 Å². The molecule has 1 amide bonds. The van der Waals surface area contributed by atoms with Gasteiger partial charge in [-0.05, 0) is 53.9 Å². The van der Waals surface area contributed by atoms with Crippen molar-refractivity contribution in [3.05, 3.63) is 52.4 Å². The van der Waals surface area contributed by atoms with Gasteiger partial charge in [0.15, 0.2) is 5.65 Å². The Labute approximate surface area is 213 Å². The second-order valence-electron chi connectivity index (χ2n) is 9.61. The van der Waals surface area contributed by atoms with Crippen LogP contribution in [0.5, 0.6) is 0 Å². The fourth-order valence-electron chi connectivity index (χ4n) is 4.67. The third-order valence-electron chi connectivity index (χ3n) is 6.70. The van der Waals surface area contributed by atoms with Crippen LogP contribution in [0.3, 0.4) is 0 Å². The minimum absolute atomic E-state index is 0.0426. The molecule has 1 fully saturated rings. The number of hydrogen-bond donors (Lipinski definition) is 2. The van der Waals surface area contributed by atoms with E-state index in [0.717, 1.165) is 58.1 Å². The van der Waals surface area contributed by atoms with Crippen LogP contribution in [0.1, 0.15) is 37.9 Å². The number of pyridine rings is 1. The van der Waals surface area contributed by atoms with Gasteiger partial charge in [-0.25, -0.2) is 4.98 Å². The van der Waals surface area contributed by atoms with Gasteiger partial charge < -0.3 is 16.0 Å². The van der Waals surface area contributed by atoms with Gasteiger partial charge in [-0.2, -0.15) is 9.61 Å². The molecule has 0 aliphatic carbocycles. The number of carbonyl (C=O) groups is 1. The number of nitrogens with one attached hydrogen (secondary N) is 1. The highest BCUT2D eigenvalue weighted by molar-refractivity contribution is 9.10. The molecule has 35 heavy (non-hydrogen) atoms. The highest BCUT2D eigenvalue weighted by atomic mass is 79.9. The molecule has 1 aliphatic heterocycles. The molecule has 0 atom stereocenters. The predicted octanol–water partition coefficient (Wildman–Crippen LogP) is 4.33. The summed E-state index contributed by atoms with van der Waals surface area (Å²) in [6.45, 7) is 8.12. The SMILES string of the molecule is Cc1ccc2ncc(-c3cnn4c(N)c(Br)c(CNC5CCN(C(=O)C(C)C)CC5)nc34)cc2c1. The van der Waals surface area contributed by atoms with Gasteiger partial charge >= 0.3 is 0 Å². The van der Waals surface area contributed by atoms with Gasteiger partial charge in [0, 0.05) is 54.3 Å². The van der Waals surface area contributed by atoms with E-state index < -0.39 is 0 Å². The van der Waals surface area contributed by atoms with Gasteiger partial charge in [-0.3, -0.25) is 9.78 Å². The number of nitrogen functional groups attached to an aromatic ring is 1. The summed E-state index contributed by atoms with van der Waals surface area (Å²) < 4.78 is 2.41. The van der Waals surface area contributed by atoms with Gasteiger partial charge in [0.1, 0.15) is 5.82 Å². The molecule has 3 N–H and O–H groups in total. The topological polar surface area (TPSA) is 101 Å². The van der Waals surface area contributed by atoms with Crippen molar-refractivity contribution in [3.8, 4) is 11.1 Å². The van der Waals surface area contributed by atoms with Crippen molar-refractivity contribution in [2.45, 2.75) is 46.2 Å². The highest BCUT2D eigenvalue weighted by Gasteiger charge is 2.24. The average Bonchev–Trinajstić information content (AvgIpc) is 3.28. The van der Waals surface area contributed by atoms with Crippen LogP contribution in [0.4, 0.5) is 5.82 Å². The van der Waals surface area contributed by atoms with E-state index in [1.807, 2.05) is 31.0 Å². The number of amides is 1. The largest absolute Gasteiger partial charge is 0.383 e. The van der Waals surface area contributed by atoms with E-state index in [-0.39, 0.29) is 11.8 Å². The van der Waals surface area contributed by atoms with E-state index >= 15 is 0 Å². The molecule has 4 heterocycles. The number of likely N-dealkylation sites (tertiary alicyclic amines) is 1. The Hall–Kier alpha value is -3.04. The molecule has 3 aromatic heterocycles. The van der Waals surface area contributed by atoms with Gasteiger partial charge in [-0.15, -0.1) is 0 Å². The second-order valence-corrected chi connectivity index (χ2v) is 10.4. The summed E-state index contributed by atoms with van der Waals surface area (Å²) in [5.74, 6) is 0.790. The number of nitrogens with two attached hydrogens (primary N) is 1. The summed E-state index contributed by atoms with van der Waals surface area (Å²) in [4.78, 5) is 23.8. The number of carbonyl (C=O) groups excluding carboxylic acids is 1. The van der Waals surface area contributed by atoms with Crippen LogP contribution < -0.4 is 11.1 Å². The Balaban J connectivity index is 1.38. The maximum atomic E-state index is 12.3. The lowest BCUT2D eigenvalue weighted by molar-refractivity contribution is -0.135.